The highest BCUT2D eigenvalue weighted by atomic mass is 32.1. The van der Waals surface area contributed by atoms with Gasteiger partial charge in [0, 0.05) is 61.8 Å². The molecule has 7 rings (SSSR count). The van der Waals surface area contributed by atoms with Gasteiger partial charge in [-0.05, 0) is 67.3 Å². The van der Waals surface area contributed by atoms with E-state index < -0.39 is 23.7 Å². The number of alkyl halides is 3. The minimum atomic E-state index is -4.61. The second kappa shape index (κ2) is 14.9. The summed E-state index contributed by atoms with van der Waals surface area (Å²) in [5.74, 6) is 0.171. The van der Waals surface area contributed by atoms with Crippen molar-refractivity contribution in [3.63, 3.8) is 0 Å². The number of rotatable bonds is 12. The van der Waals surface area contributed by atoms with E-state index in [0.717, 1.165) is 16.3 Å². The van der Waals surface area contributed by atoms with Crippen molar-refractivity contribution in [2.75, 3.05) is 38.8 Å². The van der Waals surface area contributed by atoms with Gasteiger partial charge < -0.3 is 19.3 Å². The van der Waals surface area contributed by atoms with E-state index >= 15 is 0 Å². The number of aryl methyl sites for hydroxylation is 1. The number of anilines is 1. The molecule has 5 aromatic rings. The van der Waals surface area contributed by atoms with Crippen LogP contribution >= 0.6 is 11.3 Å². The van der Waals surface area contributed by atoms with Gasteiger partial charge in [0.2, 0.25) is 11.8 Å². The zero-order valence-corrected chi connectivity index (χ0v) is 29.7. The van der Waals surface area contributed by atoms with Crippen LogP contribution in [0.2, 0.25) is 0 Å². The summed E-state index contributed by atoms with van der Waals surface area (Å²) in [6.07, 6.45) is 0.00545. The van der Waals surface area contributed by atoms with Crippen LogP contribution in [-0.2, 0) is 33.5 Å². The maximum Gasteiger partial charge on any atom is 0.417 e. The third-order valence-electron chi connectivity index (χ3n) is 9.17. The van der Waals surface area contributed by atoms with Crippen molar-refractivity contribution >= 4 is 45.1 Å². The van der Waals surface area contributed by atoms with Crippen molar-refractivity contribution in [3.8, 4) is 27.6 Å². The molecule has 1 saturated heterocycles. The van der Waals surface area contributed by atoms with E-state index in [1.807, 2.05) is 32.3 Å². The van der Waals surface area contributed by atoms with Crippen molar-refractivity contribution in [2.24, 2.45) is 0 Å². The molecule has 1 fully saturated rings. The summed E-state index contributed by atoms with van der Waals surface area (Å²) >= 11 is 1.19. The summed E-state index contributed by atoms with van der Waals surface area (Å²) in [4.78, 5) is 53.4. The Labute approximate surface area is 306 Å². The molecule has 1 atom stereocenters. The molecule has 2 aliphatic heterocycles. The summed E-state index contributed by atoms with van der Waals surface area (Å²) in [5.41, 5.74) is 2.58. The Hall–Kier alpha value is -5.41. The molecule has 3 amide bonds. The molecule has 0 saturated carbocycles. The Kier molecular flexibility index (Phi) is 10.1. The Balaban J connectivity index is 0.924. The number of hydrogen-bond acceptors (Lipinski definition) is 10. The van der Waals surface area contributed by atoms with E-state index in [4.69, 9.17) is 9.47 Å². The average molecular weight is 745 g/mol. The van der Waals surface area contributed by atoms with Crippen LogP contribution in [0, 0.1) is 0 Å². The number of pyridine rings is 2. The van der Waals surface area contributed by atoms with Gasteiger partial charge in [0.15, 0.2) is 0 Å². The number of imide groups is 1. The van der Waals surface area contributed by atoms with E-state index in [2.05, 4.69) is 20.3 Å². The van der Waals surface area contributed by atoms with Crippen LogP contribution in [0.1, 0.15) is 46.3 Å². The number of ether oxygens (including phenoxy) is 2. The lowest BCUT2D eigenvalue weighted by molar-refractivity contribution is -0.138. The van der Waals surface area contributed by atoms with Crippen molar-refractivity contribution in [3.05, 3.63) is 89.2 Å². The number of carbonyl (C=O) groups is 3. The van der Waals surface area contributed by atoms with Crippen LogP contribution in [0.5, 0.6) is 5.75 Å². The molecule has 3 aromatic heterocycles. The molecule has 274 valence electrons. The summed E-state index contributed by atoms with van der Waals surface area (Å²) < 4.78 is 55.4. The zero-order chi connectivity index (χ0) is 37.3. The van der Waals surface area contributed by atoms with Gasteiger partial charge in [-0.1, -0.05) is 12.1 Å². The predicted molar refractivity (Wildman–Crippen MR) is 193 cm³/mol. The fraction of sp³-hybridized carbons (Fsp3) is 0.316. The highest BCUT2D eigenvalue weighted by Crippen LogP contribution is 2.41. The average Bonchev–Trinajstić information content (AvgIpc) is 3.71. The topological polar surface area (TPSA) is 127 Å². The standard InChI is InChI=1S/C38H35F3N6O5S/c1-46(2)33-12-9-23(19-43-33)29-18-27(38(39,40)41)25(20-42-29)36-44-28-10-8-22(17-32(28)53-36)5-4-14-51-15-16-52-31-7-3-6-24-26(31)21-47(37(24)50)30-11-13-34(48)45-35(30)49/h3,6-10,12,17-20,30H,4-5,11,13-16,21H2,1-2H3,(H,45,48,49). The lowest BCUT2D eigenvalue weighted by atomic mass is 10.0. The van der Waals surface area contributed by atoms with Crippen molar-refractivity contribution in [1.29, 1.82) is 0 Å². The van der Waals surface area contributed by atoms with Crippen molar-refractivity contribution in [2.45, 2.75) is 44.4 Å². The summed E-state index contributed by atoms with van der Waals surface area (Å²) in [7, 11) is 3.66. The first-order valence-electron chi connectivity index (χ1n) is 17.0. The number of piperidine rings is 1. The monoisotopic (exact) mass is 744 g/mol. The van der Waals surface area contributed by atoms with Crippen LogP contribution < -0.4 is 15.0 Å². The van der Waals surface area contributed by atoms with Crippen LogP contribution in [0.4, 0.5) is 19.0 Å². The van der Waals surface area contributed by atoms with Crippen LogP contribution in [0.3, 0.4) is 0 Å². The number of halogens is 3. The Morgan fingerprint density at radius 3 is 2.58 bits per heavy atom. The molecule has 0 aliphatic carbocycles. The van der Waals surface area contributed by atoms with Gasteiger partial charge >= 0.3 is 6.18 Å². The molecule has 15 heteroatoms. The van der Waals surface area contributed by atoms with Crippen LogP contribution in [0.15, 0.2) is 67.0 Å². The number of fused-ring (bicyclic) bond motifs is 2. The number of thiazole rings is 1. The Morgan fingerprint density at radius 1 is 0.981 bits per heavy atom. The number of amides is 3. The van der Waals surface area contributed by atoms with E-state index in [-0.39, 0.29) is 54.1 Å². The quantitative estimate of drug-likeness (QED) is 0.116. The highest BCUT2D eigenvalue weighted by Gasteiger charge is 2.40. The first-order valence-corrected chi connectivity index (χ1v) is 17.9. The Bertz CT molecular complexity index is 2190. The molecule has 0 bridgehead atoms. The fourth-order valence-electron chi connectivity index (χ4n) is 6.44. The number of nitrogens with one attached hydrogen (secondary N) is 1. The smallest absolute Gasteiger partial charge is 0.417 e. The lowest BCUT2D eigenvalue weighted by Crippen LogP contribution is -2.52. The second-order valence-corrected chi connectivity index (χ2v) is 14.0. The van der Waals surface area contributed by atoms with E-state index in [1.165, 1.54) is 28.6 Å². The normalized spacial score (nSPS) is 15.9. The van der Waals surface area contributed by atoms with Gasteiger partial charge in [0.05, 0.1) is 34.6 Å². The minimum Gasteiger partial charge on any atom is -0.491 e. The largest absolute Gasteiger partial charge is 0.491 e. The molecular formula is C38H35F3N6O5S. The molecule has 11 nitrogen and oxygen atoms in total. The molecule has 2 aliphatic rings. The maximum atomic E-state index is 14.3. The Morgan fingerprint density at radius 2 is 1.83 bits per heavy atom. The van der Waals surface area contributed by atoms with E-state index in [1.54, 1.807) is 35.2 Å². The third-order valence-corrected chi connectivity index (χ3v) is 10.2. The number of hydrogen-bond donors (Lipinski definition) is 1. The first-order chi connectivity index (χ1) is 25.5. The van der Waals surface area contributed by atoms with Gasteiger partial charge in [0.25, 0.3) is 5.91 Å². The number of nitrogens with zero attached hydrogens (tertiary/aromatic N) is 5. The molecule has 1 N–H and O–H groups in total. The number of aromatic nitrogens is 3. The van der Waals surface area contributed by atoms with Crippen molar-refractivity contribution in [1.82, 2.24) is 25.2 Å². The van der Waals surface area contributed by atoms with E-state index in [0.29, 0.717) is 59.8 Å². The van der Waals surface area contributed by atoms with Gasteiger partial charge in [-0.3, -0.25) is 24.7 Å². The lowest BCUT2D eigenvalue weighted by Gasteiger charge is -2.29. The highest BCUT2D eigenvalue weighted by molar-refractivity contribution is 7.21. The number of benzene rings is 2. The van der Waals surface area contributed by atoms with Gasteiger partial charge in [0.1, 0.15) is 29.2 Å². The summed E-state index contributed by atoms with van der Waals surface area (Å²) in [6, 6.07) is 14.7. The number of carbonyl (C=O) groups excluding carboxylic acids is 3. The van der Waals surface area contributed by atoms with Gasteiger partial charge in [-0.25, -0.2) is 9.97 Å². The molecule has 0 radical (unpaired) electrons. The molecule has 1 unspecified atom stereocenters. The van der Waals surface area contributed by atoms with Crippen molar-refractivity contribution < 1.29 is 37.0 Å². The SMILES string of the molecule is CN(C)c1ccc(-c2cc(C(F)(F)F)c(-c3nc4ccc(CCCOCCOc5cccc6c5CN(C5CCC(=O)NC5=O)C6=O)cc4s3)cn2)cn1. The molecule has 2 aromatic carbocycles. The fourth-order valence-corrected chi connectivity index (χ4v) is 7.50. The molecule has 53 heavy (non-hydrogen) atoms. The molecule has 5 heterocycles. The van der Waals surface area contributed by atoms with Crippen LogP contribution in [0.25, 0.3) is 32.0 Å². The third kappa shape index (κ3) is 7.71. The van der Waals surface area contributed by atoms with E-state index in [9.17, 15) is 27.6 Å². The minimum absolute atomic E-state index is 0.0730. The van der Waals surface area contributed by atoms with Crippen LogP contribution in [-0.4, -0.2) is 77.5 Å². The maximum absolute atomic E-state index is 14.3. The summed E-state index contributed by atoms with van der Waals surface area (Å²) in [6.45, 7) is 1.26. The second-order valence-electron chi connectivity index (χ2n) is 13.0. The predicted octanol–water partition coefficient (Wildman–Crippen LogP) is 6.29. The molecular weight excluding hydrogens is 710 g/mol. The molecule has 0 spiro atoms. The van der Waals surface area contributed by atoms with Gasteiger partial charge in [-0.15, -0.1) is 11.3 Å². The summed E-state index contributed by atoms with van der Waals surface area (Å²) in [5, 5.41) is 2.55. The zero-order valence-electron chi connectivity index (χ0n) is 28.9. The van der Waals surface area contributed by atoms with Gasteiger partial charge in [-0.2, -0.15) is 13.2 Å². The first kappa shape index (κ1) is 36.0.